The van der Waals surface area contributed by atoms with Crippen LogP contribution in [-0.4, -0.2) is 31.1 Å². The van der Waals surface area contributed by atoms with Gasteiger partial charge in [0.1, 0.15) is 23.5 Å². The Balaban J connectivity index is 1.40. The van der Waals surface area contributed by atoms with E-state index in [0.29, 0.717) is 12.0 Å². The van der Waals surface area contributed by atoms with E-state index in [4.69, 9.17) is 9.84 Å². The van der Waals surface area contributed by atoms with Crippen LogP contribution in [-0.2, 0) is 11.2 Å². The molecule has 188 valence electrons. The number of aryl methyl sites for hydroxylation is 1. The number of aliphatic hydroxyl groups is 1. The Morgan fingerprint density at radius 2 is 1.89 bits per heavy atom. The van der Waals surface area contributed by atoms with E-state index in [2.05, 4.69) is 15.0 Å². The van der Waals surface area contributed by atoms with Crippen molar-refractivity contribution in [1.82, 2.24) is 15.0 Å². The predicted octanol–water partition coefficient (Wildman–Crippen LogP) is 5.87. The summed E-state index contributed by atoms with van der Waals surface area (Å²) in [5.41, 5.74) is 1.76. The van der Waals surface area contributed by atoms with E-state index in [9.17, 15) is 23.1 Å². The third-order valence-corrected chi connectivity index (χ3v) is 5.90. The van der Waals surface area contributed by atoms with E-state index >= 15 is 0 Å². The molecule has 1 atom stereocenters. The average Bonchev–Trinajstić information content (AvgIpc) is 3.56. The maximum Gasteiger partial charge on any atom is 0.303 e. The van der Waals surface area contributed by atoms with Crippen molar-refractivity contribution in [2.45, 2.75) is 18.9 Å². The Labute approximate surface area is 208 Å². The van der Waals surface area contributed by atoms with E-state index in [1.807, 2.05) is 0 Å². The fourth-order valence-electron chi connectivity index (χ4n) is 4.03. The summed E-state index contributed by atoms with van der Waals surface area (Å²) in [6, 6.07) is 13.0. The molecule has 4 N–H and O–H groups in total. The second kappa shape index (κ2) is 9.82. The van der Waals surface area contributed by atoms with Crippen LogP contribution in [0.2, 0.25) is 0 Å². The van der Waals surface area contributed by atoms with Crippen LogP contribution < -0.4 is 4.74 Å². The summed E-state index contributed by atoms with van der Waals surface area (Å²) in [5, 5.41) is 19.8. The van der Waals surface area contributed by atoms with E-state index in [-0.39, 0.29) is 40.2 Å². The molecule has 2 aromatic heterocycles. The molecular formula is C27H20F3N3O4. The first-order valence-corrected chi connectivity index (χ1v) is 11.3. The van der Waals surface area contributed by atoms with Crippen molar-refractivity contribution < 1.29 is 32.9 Å². The van der Waals surface area contributed by atoms with E-state index in [1.165, 1.54) is 30.6 Å². The highest BCUT2D eigenvalue weighted by molar-refractivity contribution is 5.82. The fraction of sp³-hybridized carbons (Fsp3) is 0.111. The summed E-state index contributed by atoms with van der Waals surface area (Å²) in [6.07, 6.45) is 1.95. The number of nitrogens with zero attached hydrogens (tertiary/aromatic N) is 1. The maximum absolute atomic E-state index is 14.8. The summed E-state index contributed by atoms with van der Waals surface area (Å²) in [7, 11) is 0. The molecule has 0 aliphatic heterocycles. The largest absolute Gasteiger partial charge is 0.481 e. The first-order chi connectivity index (χ1) is 17.8. The number of nitrogens with one attached hydrogen (secondary N) is 2. The van der Waals surface area contributed by atoms with Crippen molar-refractivity contribution in [3.8, 4) is 22.9 Å². The number of carbonyl (C=O) groups is 1. The Kier molecular flexibility index (Phi) is 6.41. The van der Waals surface area contributed by atoms with Crippen LogP contribution in [0.3, 0.4) is 0 Å². The highest BCUT2D eigenvalue weighted by Gasteiger charge is 2.20. The minimum atomic E-state index is -1.13. The number of aromatic nitrogens is 3. The van der Waals surface area contributed by atoms with Crippen molar-refractivity contribution >= 4 is 16.9 Å². The van der Waals surface area contributed by atoms with Gasteiger partial charge in [0, 0.05) is 24.1 Å². The zero-order valence-corrected chi connectivity index (χ0v) is 19.1. The zero-order chi connectivity index (χ0) is 26.1. The number of carboxylic acids is 1. The van der Waals surface area contributed by atoms with Gasteiger partial charge in [-0.1, -0.05) is 24.3 Å². The van der Waals surface area contributed by atoms with E-state index in [0.717, 1.165) is 17.7 Å². The Bertz CT molecular complexity index is 1610. The number of aliphatic hydroxyl groups excluding tert-OH is 1. The molecule has 37 heavy (non-hydrogen) atoms. The second-order valence-corrected chi connectivity index (χ2v) is 8.41. The predicted molar refractivity (Wildman–Crippen MR) is 129 cm³/mol. The lowest BCUT2D eigenvalue weighted by atomic mass is 10.0. The number of carboxylic acid groups (broad SMARTS) is 1. The van der Waals surface area contributed by atoms with Crippen molar-refractivity contribution in [3.05, 3.63) is 101 Å². The van der Waals surface area contributed by atoms with Crippen molar-refractivity contribution in [2.24, 2.45) is 0 Å². The first kappa shape index (κ1) is 24.1. The van der Waals surface area contributed by atoms with Gasteiger partial charge in [-0.25, -0.2) is 18.2 Å². The fourth-order valence-corrected chi connectivity index (χ4v) is 4.03. The van der Waals surface area contributed by atoms with Crippen LogP contribution in [0, 0.1) is 17.5 Å². The number of imidazole rings is 1. The van der Waals surface area contributed by atoms with Gasteiger partial charge in [-0.3, -0.25) is 4.79 Å². The van der Waals surface area contributed by atoms with Gasteiger partial charge in [0.05, 0.1) is 23.0 Å². The van der Waals surface area contributed by atoms with Gasteiger partial charge in [-0.05, 0) is 41.8 Å². The van der Waals surface area contributed by atoms with Gasteiger partial charge in [0.15, 0.2) is 17.4 Å². The monoisotopic (exact) mass is 507 g/mol. The lowest BCUT2D eigenvalue weighted by Gasteiger charge is -2.11. The lowest BCUT2D eigenvalue weighted by Crippen LogP contribution is -2.02. The smallest absolute Gasteiger partial charge is 0.303 e. The first-order valence-electron chi connectivity index (χ1n) is 11.3. The summed E-state index contributed by atoms with van der Waals surface area (Å²) in [4.78, 5) is 20.6. The SMILES string of the molecule is O=C(O)CCc1cccc(C(O)c2cnc(-c3cc(Oc4c(F)cc5[nH]ccc5c4F)ccc3F)[nH]2)c1. The Morgan fingerprint density at radius 1 is 1.05 bits per heavy atom. The molecule has 0 aliphatic carbocycles. The standard InChI is InChI=1S/C27H20F3N3O4/c28-19-6-5-16(37-26-20(29)12-21-17(24(26)30)8-9-31-21)11-18(19)27-32-13-22(33-27)25(36)15-3-1-2-14(10-15)4-7-23(34)35/h1-3,5-6,8-13,25,31,36H,4,7H2,(H,32,33)(H,34,35). The molecular weight excluding hydrogens is 487 g/mol. The minimum absolute atomic E-state index is 0.0197. The molecule has 2 heterocycles. The van der Waals surface area contributed by atoms with Crippen molar-refractivity contribution in [3.63, 3.8) is 0 Å². The number of benzene rings is 3. The Hall–Kier alpha value is -4.57. The molecule has 0 saturated heterocycles. The third kappa shape index (κ3) is 4.91. The topological polar surface area (TPSA) is 111 Å². The second-order valence-electron chi connectivity index (χ2n) is 8.41. The number of hydrogen-bond acceptors (Lipinski definition) is 4. The van der Waals surface area contributed by atoms with Gasteiger partial charge >= 0.3 is 5.97 Å². The third-order valence-electron chi connectivity index (χ3n) is 5.90. The van der Waals surface area contributed by atoms with Gasteiger partial charge in [0.25, 0.3) is 0 Å². The number of ether oxygens (including phenoxy) is 1. The molecule has 1 unspecified atom stereocenters. The van der Waals surface area contributed by atoms with E-state index < -0.39 is 35.3 Å². The molecule has 0 spiro atoms. The molecule has 0 bridgehead atoms. The average molecular weight is 507 g/mol. The molecule has 10 heteroatoms. The number of aliphatic carboxylic acids is 1. The van der Waals surface area contributed by atoms with Gasteiger partial charge in [-0.2, -0.15) is 0 Å². The number of halogens is 3. The van der Waals surface area contributed by atoms with Crippen LogP contribution in [0.5, 0.6) is 11.5 Å². The molecule has 0 aliphatic rings. The molecule has 5 aromatic rings. The van der Waals surface area contributed by atoms with E-state index in [1.54, 1.807) is 24.3 Å². The highest BCUT2D eigenvalue weighted by atomic mass is 19.1. The molecule has 0 radical (unpaired) electrons. The van der Waals surface area contributed by atoms with Crippen molar-refractivity contribution in [2.75, 3.05) is 0 Å². The van der Waals surface area contributed by atoms with Crippen LogP contribution >= 0.6 is 0 Å². The molecule has 0 saturated carbocycles. The summed E-state index contributed by atoms with van der Waals surface area (Å²) in [5.74, 6) is -3.98. The summed E-state index contributed by atoms with van der Waals surface area (Å²) in [6.45, 7) is 0. The van der Waals surface area contributed by atoms with Gasteiger partial charge in [-0.15, -0.1) is 0 Å². The highest BCUT2D eigenvalue weighted by Crippen LogP contribution is 2.35. The minimum Gasteiger partial charge on any atom is -0.481 e. The van der Waals surface area contributed by atoms with Crippen LogP contribution in [0.1, 0.15) is 29.3 Å². The number of H-pyrrole nitrogens is 2. The number of aromatic amines is 2. The van der Waals surface area contributed by atoms with Gasteiger partial charge in [0.2, 0.25) is 0 Å². The summed E-state index contributed by atoms with van der Waals surface area (Å²) >= 11 is 0. The summed E-state index contributed by atoms with van der Waals surface area (Å²) < 4.78 is 49.4. The van der Waals surface area contributed by atoms with Crippen LogP contribution in [0.4, 0.5) is 13.2 Å². The van der Waals surface area contributed by atoms with Gasteiger partial charge < -0.3 is 24.9 Å². The maximum atomic E-state index is 14.8. The molecule has 7 nitrogen and oxygen atoms in total. The quantitative estimate of drug-likeness (QED) is 0.210. The van der Waals surface area contributed by atoms with Crippen molar-refractivity contribution in [1.29, 1.82) is 0 Å². The number of hydrogen-bond donors (Lipinski definition) is 4. The molecule has 3 aromatic carbocycles. The molecule has 0 fully saturated rings. The van der Waals surface area contributed by atoms with Crippen LogP contribution in [0.25, 0.3) is 22.3 Å². The zero-order valence-electron chi connectivity index (χ0n) is 19.1. The van der Waals surface area contributed by atoms with Crippen LogP contribution in [0.15, 0.2) is 67.0 Å². The normalized spacial score (nSPS) is 12.1. The lowest BCUT2D eigenvalue weighted by molar-refractivity contribution is -0.136. The molecule has 0 amide bonds. The number of rotatable bonds is 8. The Morgan fingerprint density at radius 3 is 2.70 bits per heavy atom. The number of fused-ring (bicyclic) bond motifs is 1. The molecule has 5 rings (SSSR count).